The first-order valence-electron chi connectivity index (χ1n) is 7.93. The lowest BCUT2D eigenvalue weighted by atomic mass is 10.1. The number of nitrogens with one attached hydrogen (secondary N) is 2. The third kappa shape index (κ3) is 6.37. The minimum Gasteiger partial charge on any atom is -0.370 e. The standard InChI is InChI=1S/C17H22ClN3O2S/c1-2-3-12-24(22,23)21-16-8-9-17(20-13-16)19-11-10-14-4-6-15(18)7-5-14/h4-9,13,21H,2-3,10-12H2,1H3,(H,19,20). The second-order valence-corrected chi connectivity index (χ2v) is 7.79. The molecule has 130 valence electrons. The molecule has 0 bridgehead atoms. The van der Waals surface area contributed by atoms with Gasteiger partial charge in [0.1, 0.15) is 5.82 Å². The Morgan fingerprint density at radius 2 is 1.88 bits per heavy atom. The van der Waals surface area contributed by atoms with Crippen molar-refractivity contribution < 1.29 is 8.42 Å². The summed E-state index contributed by atoms with van der Waals surface area (Å²) < 4.78 is 26.2. The molecule has 0 saturated heterocycles. The minimum atomic E-state index is -3.29. The number of aromatic nitrogens is 1. The number of unbranched alkanes of at least 4 members (excludes halogenated alkanes) is 1. The van der Waals surface area contributed by atoms with E-state index in [4.69, 9.17) is 11.6 Å². The number of nitrogens with zero attached hydrogens (tertiary/aromatic N) is 1. The molecule has 1 aromatic carbocycles. The molecule has 7 heteroatoms. The Labute approximate surface area is 148 Å². The highest BCUT2D eigenvalue weighted by Crippen LogP contribution is 2.13. The molecule has 0 fully saturated rings. The van der Waals surface area contributed by atoms with Crippen molar-refractivity contribution in [2.45, 2.75) is 26.2 Å². The van der Waals surface area contributed by atoms with Gasteiger partial charge in [0.2, 0.25) is 10.0 Å². The molecule has 0 aliphatic rings. The first-order chi connectivity index (χ1) is 11.5. The molecule has 24 heavy (non-hydrogen) atoms. The van der Waals surface area contributed by atoms with Gasteiger partial charge in [0.05, 0.1) is 17.6 Å². The number of anilines is 2. The van der Waals surface area contributed by atoms with Crippen LogP contribution in [0.1, 0.15) is 25.3 Å². The van der Waals surface area contributed by atoms with Crippen molar-refractivity contribution in [2.75, 3.05) is 22.3 Å². The van der Waals surface area contributed by atoms with Gasteiger partial charge in [0, 0.05) is 11.6 Å². The molecule has 0 aliphatic carbocycles. The summed E-state index contributed by atoms with van der Waals surface area (Å²) in [6, 6.07) is 11.2. The summed E-state index contributed by atoms with van der Waals surface area (Å²) in [6.45, 7) is 2.69. The molecule has 0 atom stereocenters. The zero-order valence-electron chi connectivity index (χ0n) is 13.6. The van der Waals surface area contributed by atoms with E-state index >= 15 is 0 Å². The summed E-state index contributed by atoms with van der Waals surface area (Å²) in [4.78, 5) is 4.23. The van der Waals surface area contributed by atoms with E-state index in [1.165, 1.54) is 11.8 Å². The van der Waals surface area contributed by atoms with Gasteiger partial charge in [-0.2, -0.15) is 0 Å². The maximum Gasteiger partial charge on any atom is 0.232 e. The van der Waals surface area contributed by atoms with Crippen molar-refractivity contribution in [3.8, 4) is 0 Å². The highest BCUT2D eigenvalue weighted by molar-refractivity contribution is 7.92. The Bertz CT molecular complexity index is 731. The predicted octanol–water partition coefficient (Wildman–Crippen LogP) is 3.93. The van der Waals surface area contributed by atoms with Gasteiger partial charge in [-0.3, -0.25) is 4.72 Å². The second kappa shape index (κ2) is 8.89. The lowest BCUT2D eigenvalue weighted by Crippen LogP contribution is -2.16. The Morgan fingerprint density at radius 3 is 2.50 bits per heavy atom. The number of sulfonamides is 1. The lowest BCUT2D eigenvalue weighted by Gasteiger charge is -2.09. The van der Waals surface area contributed by atoms with Gasteiger partial charge in [-0.1, -0.05) is 37.1 Å². The van der Waals surface area contributed by atoms with Gasteiger partial charge >= 0.3 is 0 Å². The van der Waals surface area contributed by atoms with E-state index in [1.807, 2.05) is 31.2 Å². The van der Waals surface area contributed by atoms with Crippen LogP contribution in [0.2, 0.25) is 5.02 Å². The van der Waals surface area contributed by atoms with Gasteiger partial charge in [0.15, 0.2) is 0 Å². The van der Waals surface area contributed by atoms with E-state index in [0.29, 0.717) is 17.9 Å². The van der Waals surface area contributed by atoms with Crippen LogP contribution in [-0.4, -0.2) is 25.7 Å². The van der Waals surface area contributed by atoms with Crippen LogP contribution in [-0.2, 0) is 16.4 Å². The van der Waals surface area contributed by atoms with Crippen molar-refractivity contribution in [3.05, 3.63) is 53.2 Å². The third-order valence-electron chi connectivity index (χ3n) is 3.44. The molecule has 2 rings (SSSR count). The number of hydrogen-bond acceptors (Lipinski definition) is 4. The Morgan fingerprint density at radius 1 is 1.12 bits per heavy atom. The van der Waals surface area contributed by atoms with E-state index in [2.05, 4.69) is 15.0 Å². The summed E-state index contributed by atoms with van der Waals surface area (Å²) in [6.07, 6.45) is 3.86. The minimum absolute atomic E-state index is 0.130. The highest BCUT2D eigenvalue weighted by Gasteiger charge is 2.09. The van der Waals surface area contributed by atoms with Crippen LogP contribution >= 0.6 is 11.6 Å². The van der Waals surface area contributed by atoms with Crippen LogP contribution in [0.25, 0.3) is 0 Å². The summed E-state index contributed by atoms with van der Waals surface area (Å²) in [7, 11) is -3.29. The van der Waals surface area contributed by atoms with Gasteiger partial charge in [-0.25, -0.2) is 13.4 Å². The second-order valence-electron chi connectivity index (χ2n) is 5.51. The van der Waals surface area contributed by atoms with Crippen molar-refractivity contribution in [3.63, 3.8) is 0 Å². The largest absolute Gasteiger partial charge is 0.370 e. The zero-order valence-corrected chi connectivity index (χ0v) is 15.2. The maximum absolute atomic E-state index is 11.8. The number of hydrogen-bond donors (Lipinski definition) is 2. The molecule has 0 unspecified atom stereocenters. The van der Waals surface area contributed by atoms with Gasteiger partial charge in [-0.05, 0) is 42.7 Å². The van der Waals surface area contributed by atoms with Crippen LogP contribution in [0.5, 0.6) is 0 Å². The van der Waals surface area contributed by atoms with Crippen molar-refractivity contribution in [1.29, 1.82) is 0 Å². The molecule has 5 nitrogen and oxygen atoms in total. The molecule has 1 aromatic heterocycles. The van der Waals surface area contributed by atoms with Gasteiger partial charge < -0.3 is 5.32 Å². The average Bonchev–Trinajstić information content (AvgIpc) is 2.56. The van der Waals surface area contributed by atoms with E-state index in [1.54, 1.807) is 12.1 Å². The molecule has 1 heterocycles. The number of rotatable bonds is 9. The number of benzene rings is 1. The van der Waals surface area contributed by atoms with Crippen LogP contribution in [0.15, 0.2) is 42.6 Å². The van der Waals surface area contributed by atoms with E-state index in [-0.39, 0.29) is 5.75 Å². The quantitative estimate of drug-likeness (QED) is 0.704. The van der Waals surface area contributed by atoms with Crippen LogP contribution in [0.3, 0.4) is 0 Å². The molecular weight excluding hydrogens is 346 g/mol. The van der Waals surface area contributed by atoms with Crippen molar-refractivity contribution in [1.82, 2.24) is 4.98 Å². The normalized spacial score (nSPS) is 11.2. The average molecular weight is 368 g/mol. The maximum atomic E-state index is 11.8. The smallest absolute Gasteiger partial charge is 0.232 e. The molecule has 0 saturated carbocycles. The molecule has 0 spiro atoms. The summed E-state index contributed by atoms with van der Waals surface area (Å²) >= 11 is 5.86. The van der Waals surface area contributed by atoms with E-state index in [0.717, 1.165) is 24.4 Å². The molecule has 0 amide bonds. The predicted molar refractivity (Wildman–Crippen MR) is 100 cm³/mol. The summed E-state index contributed by atoms with van der Waals surface area (Å²) in [5.74, 6) is 0.838. The van der Waals surface area contributed by atoms with E-state index in [9.17, 15) is 8.42 Å². The first kappa shape index (κ1) is 18.5. The molecule has 0 aliphatic heterocycles. The Hall–Kier alpha value is -1.79. The molecule has 0 radical (unpaired) electrons. The highest BCUT2D eigenvalue weighted by atomic mass is 35.5. The van der Waals surface area contributed by atoms with Crippen molar-refractivity contribution in [2.24, 2.45) is 0 Å². The van der Waals surface area contributed by atoms with Crippen LogP contribution in [0.4, 0.5) is 11.5 Å². The third-order valence-corrected chi connectivity index (χ3v) is 5.06. The van der Waals surface area contributed by atoms with Crippen LogP contribution < -0.4 is 10.0 Å². The molecule has 2 aromatic rings. The Kier molecular flexibility index (Phi) is 6.87. The van der Waals surface area contributed by atoms with Gasteiger partial charge in [-0.15, -0.1) is 0 Å². The fourth-order valence-corrected chi connectivity index (χ4v) is 3.49. The SMILES string of the molecule is CCCCS(=O)(=O)Nc1ccc(NCCc2ccc(Cl)cc2)nc1. The van der Waals surface area contributed by atoms with E-state index < -0.39 is 10.0 Å². The lowest BCUT2D eigenvalue weighted by molar-refractivity contribution is 0.598. The van der Waals surface area contributed by atoms with Crippen molar-refractivity contribution >= 4 is 33.1 Å². The Balaban J connectivity index is 1.82. The number of halogens is 1. The topological polar surface area (TPSA) is 71.1 Å². The molecular formula is C17H22ClN3O2S. The fraction of sp³-hybridized carbons (Fsp3) is 0.353. The first-order valence-corrected chi connectivity index (χ1v) is 9.96. The summed E-state index contributed by atoms with van der Waals surface area (Å²) in [5.41, 5.74) is 1.67. The number of pyridine rings is 1. The fourth-order valence-electron chi connectivity index (χ4n) is 2.11. The summed E-state index contributed by atoms with van der Waals surface area (Å²) in [5, 5.41) is 3.94. The van der Waals surface area contributed by atoms with Gasteiger partial charge in [0.25, 0.3) is 0 Å². The molecule has 2 N–H and O–H groups in total. The zero-order chi connectivity index (χ0) is 17.4. The monoisotopic (exact) mass is 367 g/mol. The van der Waals surface area contributed by atoms with Crippen LogP contribution in [0, 0.1) is 0 Å².